The van der Waals surface area contributed by atoms with Gasteiger partial charge in [-0.15, -0.1) is 0 Å². The summed E-state index contributed by atoms with van der Waals surface area (Å²) < 4.78 is 29.1. The first kappa shape index (κ1) is 16.8. The van der Waals surface area contributed by atoms with Crippen LogP contribution < -0.4 is 0 Å². The van der Waals surface area contributed by atoms with Crippen LogP contribution in [0.5, 0.6) is 0 Å². The van der Waals surface area contributed by atoms with E-state index >= 15 is 0 Å². The van der Waals surface area contributed by atoms with Gasteiger partial charge in [-0.3, -0.25) is 9.45 Å². The number of aliphatic hydroxyl groups is 2. The summed E-state index contributed by atoms with van der Waals surface area (Å²) in [7, 11) is -3.96. The fourth-order valence-electron chi connectivity index (χ4n) is 0.863. The average molecular weight is 221 g/mol. The normalized spacial score (nSPS) is 11.4. The van der Waals surface area contributed by atoms with Gasteiger partial charge in [-0.2, -0.15) is 8.42 Å². The van der Waals surface area contributed by atoms with Gasteiger partial charge in [0.1, 0.15) is 0 Å². The summed E-state index contributed by atoms with van der Waals surface area (Å²) in [5, 5.41) is 17.1. The summed E-state index contributed by atoms with van der Waals surface area (Å²) in [5.41, 5.74) is 0. The van der Waals surface area contributed by atoms with E-state index < -0.39 is 10.1 Å². The standard InChI is InChI=1S/C6H15NO5S.Li.H/c8-4-1-7(2-5-9)3-6-13(10,11)12;;/h8-9H,1-6H2,(H,10,11,12);;. The third-order valence-electron chi connectivity index (χ3n) is 1.50. The van der Waals surface area contributed by atoms with Gasteiger partial charge in [0.05, 0.1) is 19.0 Å². The minimum atomic E-state index is -3.96. The molecule has 0 aromatic rings. The summed E-state index contributed by atoms with van der Waals surface area (Å²) in [6.07, 6.45) is 0. The van der Waals surface area contributed by atoms with Gasteiger partial charge in [-0.1, -0.05) is 0 Å². The molecule has 0 aliphatic heterocycles. The van der Waals surface area contributed by atoms with Crippen LogP contribution in [0.3, 0.4) is 0 Å². The molecular formula is C6H16LiNO5S. The van der Waals surface area contributed by atoms with Crippen LogP contribution >= 0.6 is 0 Å². The van der Waals surface area contributed by atoms with Crippen LogP contribution in [0.15, 0.2) is 0 Å². The number of hydrogen-bond donors (Lipinski definition) is 3. The van der Waals surface area contributed by atoms with Crippen LogP contribution in [-0.4, -0.2) is 85.5 Å². The van der Waals surface area contributed by atoms with Crippen molar-refractivity contribution in [2.75, 3.05) is 38.6 Å². The summed E-state index contributed by atoms with van der Waals surface area (Å²) >= 11 is 0. The number of nitrogens with zero attached hydrogens (tertiary/aromatic N) is 1. The Morgan fingerprint density at radius 3 is 1.71 bits per heavy atom. The van der Waals surface area contributed by atoms with Crippen LogP contribution in [0.1, 0.15) is 0 Å². The Balaban J connectivity index is 0. The molecule has 0 radical (unpaired) electrons. The SMILES string of the molecule is O=S(=O)(O)CCN(CCO)CCO.[LiH]. The fourth-order valence-corrected chi connectivity index (χ4v) is 1.35. The van der Waals surface area contributed by atoms with Crippen molar-refractivity contribution in [1.29, 1.82) is 0 Å². The zero-order valence-corrected chi connectivity index (χ0v) is 8.07. The van der Waals surface area contributed by atoms with E-state index in [1.54, 1.807) is 4.90 Å². The monoisotopic (exact) mass is 221 g/mol. The van der Waals surface area contributed by atoms with Crippen molar-refractivity contribution in [3.8, 4) is 0 Å². The van der Waals surface area contributed by atoms with E-state index in [0.29, 0.717) is 0 Å². The Bertz CT molecular complexity index is 214. The van der Waals surface area contributed by atoms with Gasteiger partial charge < -0.3 is 10.2 Å². The van der Waals surface area contributed by atoms with Gasteiger partial charge in [0, 0.05) is 19.6 Å². The number of aliphatic hydroxyl groups excluding tert-OH is 2. The van der Waals surface area contributed by atoms with Gasteiger partial charge in [0.2, 0.25) is 0 Å². The molecule has 8 heteroatoms. The van der Waals surface area contributed by atoms with E-state index in [2.05, 4.69) is 0 Å². The third kappa shape index (κ3) is 10.5. The average Bonchev–Trinajstić information content (AvgIpc) is 2.00. The predicted molar refractivity (Wildman–Crippen MR) is 54.2 cm³/mol. The second kappa shape index (κ2) is 8.68. The first-order valence-corrected chi connectivity index (χ1v) is 5.49. The van der Waals surface area contributed by atoms with E-state index in [-0.39, 0.29) is 57.5 Å². The maximum atomic E-state index is 10.3. The second-order valence-electron chi connectivity index (χ2n) is 2.57. The molecule has 0 unspecified atom stereocenters. The molecule has 0 aromatic carbocycles. The van der Waals surface area contributed by atoms with Crippen molar-refractivity contribution in [3.05, 3.63) is 0 Å². The third-order valence-corrected chi connectivity index (χ3v) is 2.20. The Labute approximate surface area is 95.8 Å². The minimum absolute atomic E-state index is 0. The Morgan fingerprint density at radius 2 is 1.43 bits per heavy atom. The van der Waals surface area contributed by atoms with Gasteiger partial charge in [0.15, 0.2) is 0 Å². The molecule has 3 N–H and O–H groups in total. The topological polar surface area (TPSA) is 98.1 Å². The van der Waals surface area contributed by atoms with Gasteiger partial charge in [0.25, 0.3) is 10.1 Å². The molecule has 0 atom stereocenters. The van der Waals surface area contributed by atoms with Crippen LogP contribution in [0.2, 0.25) is 0 Å². The molecule has 0 fully saturated rings. The van der Waals surface area contributed by atoms with E-state index in [1.165, 1.54) is 0 Å². The maximum absolute atomic E-state index is 10.3. The molecule has 0 saturated carbocycles. The Morgan fingerprint density at radius 1 is 1.00 bits per heavy atom. The molecule has 14 heavy (non-hydrogen) atoms. The van der Waals surface area contributed by atoms with Crippen LogP contribution in [0.25, 0.3) is 0 Å². The second-order valence-corrected chi connectivity index (χ2v) is 4.15. The molecule has 0 amide bonds. The molecule has 0 spiro atoms. The summed E-state index contributed by atoms with van der Waals surface area (Å²) in [6, 6.07) is 0. The van der Waals surface area contributed by atoms with E-state index in [1.807, 2.05) is 0 Å². The number of rotatable bonds is 7. The molecule has 6 nitrogen and oxygen atoms in total. The summed E-state index contributed by atoms with van der Waals surface area (Å²) in [6.45, 7) is 0.475. The summed E-state index contributed by atoms with van der Waals surface area (Å²) in [5.74, 6) is -0.382. The van der Waals surface area contributed by atoms with Crippen LogP contribution in [0, 0.1) is 0 Å². The van der Waals surface area contributed by atoms with Gasteiger partial charge >= 0.3 is 18.9 Å². The van der Waals surface area contributed by atoms with Crippen LogP contribution in [0.4, 0.5) is 0 Å². The molecule has 0 saturated heterocycles. The molecule has 0 bridgehead atoms. The quantitative estimate of drug-likeness (QED) is 0.325. The van der Waals surface area contributed by atoms with E-state index in [0.717, 1.165) is 0 Å². The van der Waals surface area contributed by atoms with E-state index in [4.69, 9.17) is 14.8 Å². The molecular weight excluding hydrogens is 205 g/mol. The molecule has 0 aromatic heterocycles. The van der Waals surface area contributed by atoms with E-state index in [9.17, 15) is 8.42 Å². The molecule has 0 heterocycles. The van der Waals surface area contributed by atoms with Gasteiger partial charge in [-0.25, -0.2) is 0 Å². The van der Waals surface area contributed by atoms with Crippen LogP contribution in [-0.2, 0) is 10.1 Å². The van der Waals surface area contributed by atoms with Crippen molar-refractivity contribution in [3.63, 3.8) is 0 Å². The predicted octanol–water partition coefficient (Wildman–Crippen LogP) is -2.49. The Hall–Kier alpha value is 0.387. The molecule has 0 rings (SSSR count). The fraction of sp³-hybridized carbons (Fsp3) is 1.00. The molecule has 0 aliphatic carbocycles. The Kier molecular flexibility index (Phi) is 10.4. The van der Waals surface area contributed by atoms with Crippen molar-refractivity contribution in [2.24, 2.45) is 0 Å². The first-order valence-electron chi connectivity index (χ1n) is 3.89. The van der Waals surface area contributed by atoms with Gasteiger partial charge in [-0.05, 0) is 0 Å². The number of hydrogen-bond acceptors (Lipinski definition) is 5. The molecule has 82 valence electrons. The van der Waals surface area contributed by atoms with Crippen molar-refractivity contribution >= 4 is 29.0 Å². The first-order chi connectivity index (χ1) is 5.99. The zero-order valence-electron chi connectivity index (χ0n) is 7.26. The van der Waals surface area contributed by atoms with Crippen molar-refractivity contribution in [2.45, 2.75) is 0 Å². The summed E-state index contributed by atoms with van der Waals surface area (Å²) in [4.78, 5) is 1.55. The molecule has 0 aliphatic rings. The zero-order chi connectivity index (χ0) is 10.3. The van der Waals surface area contributed by atoms with Crippen molar-refractivity contribution in [1.82, 2.24) is 4.90 Å². The van der Waals surface area contributed by atoms with Crippen molar-refractivity contribution < 1.29 is 23.2 Å².